The van der Waals surface area contributed by atoms with Crippen molar-refractivity contribution in [3.05, 3.63) is 28.6 Å². The van der Waals surface area contributed by atoms with Crippen molar-refractivity contribution in [3.8, 4) is 0 Å². The molecule has 0 aromatic carbocycles. The van der Waals surface area contributed by atoms with Gasteiger partial charge in [-0.15, -0.1) is 0 Å². The van der Waals surface area contributed by atoms with E-state index in [1.54, 1.807) is 6.07 Å². The Hall–Kier alpha value is -2.18. The SMILES string of the molecule is COC(=O)C1CCCN(c2ccncc2[N+](=O)[O-])C1. The van der Waals surface area contributed by atoms with Crippen LogP contribution in [0.15, 0.2) is 18.5 Å². The minimum absolute atomic E-state index is 0.0342. The van der Waals surface area contributed by atoms with E-state index in [4.69, 9.17) is 4.74 Å². The highest BCUT2D eigenvalue weighted by atomic mass is 16.6. The van der Waals surface area contributed by atoms with Crippen LogP contribution in [-0.4, -0.2) is 36.1 Å². The Morgan fingerprint density at radius 2 is 2.42 bits per heavy atom. The maximum absolute atomic E-state index is 11.6. The molecule has 0 bridgehead atoms. The summed E-state index contributed by atoms with van der Waals surface area (Å²) < 4.78 is 4.74. The van der Waals surface area contributed by atoms with Crippen LogP contribution >= 0.6 is 0 Å². The number of aromatic nitrogens is 1. The third kappa shape index (κ3) is 2.81. The van der Waals surface area contributed by atoms with Gasteiger partial charge >= 0.3 is 11.7 Å². The van der Waals surface area contributed by atoms with Gasteiger partial charge in [-0.25, -0.2) is 0 Å². The first-order valence-corrected chi connectivity index (χ1v) is 6.04. The van der Waals surface area contributed by atoms with Gasteiger partial charge in [-0.2, -0.15) is 0 Å². The maximum atomic E-state index is 11.6. The standard InChI is InChI=1S/C12H15N3O4/c1-19-12(16)9-3-2-6-14(8-9)10-4-5-13-7-11(10)15(17)18/h4-5,7,9H,2-3,6,8H2,1H3. The van der Waals surface area contributed by atoms with Gasteiger partial charge in [0.25, 0.3) is 0 Å². The van der Waals surface area contributed by atoms with E-state index in [2.05, 4.69) is 4.98 Å². The van der Waals surface area contributed by atoms with Crippen molar-refractivity contribution in [1.82, 2.24) is 4.98 Å². The summed E-state index contributed by atoms with van der Waals surface area (Å²) in [6, 6.07) is 1.61. The normalized spacial score (nSPS) is 19.0. The number of nitro groups is 1. The lowest BCUT2D eigenvalue weighted by Gasteiger charge is -2.32. The van der Waals surface area contributed by atoms with E-state index in [1.165, 1.54) is 19.5 Å². The van der Waals surface area contributed by atoms with Crippen molar-refractivity contribution in [1.29, 1.82) is 0 Å². The largest absolute Gasteiger partial charge is 0.469 e. The number of rotatable bonds is 3. The Bertz CT molecular complexity index is 492. The molecule has 0 N–H and O–H groups in total. The van der Waals surface area contributed by atoms with E-state index in [9.17, 15) is 14.9 Å². The Morgan fingerprint density at radius 3 is 3.11 bits per heavy atom. The van der Waals surface area contributed by atoms with Crippen LogP contribution in [0.5, 0.6) is 0 Å². The van der Waals surface area contributed by atoms with Gasteiger partial charge in [0.1, 0.15) is 11.9 Å². The van der Waals surface area contributed by atoms with E-state index in [1.807, 2.05) is 4.90 Å². The summed E-state index contributed by atoms with van der Waals surface area (Å²) in [4.78, 5) is 27.7. The number of piperidine rings is 1. The topological polar surface area (TPSA) is 85.6 Å². The van der Waals surface area contributed by atoms with E-state index < -0.39 is 4.92 Å². The van der Waals surface area contributed by atoms with Gasteiger partial charge in [0, 0.05) is 19.3 Å². The lowest BCUT2D eigenvalue weighted by Crippen LogP contribution is -2.39. The molecule has 2 rings (SSSR count). The van der Waals surface area contributed by atoms with Crippen molar-refractivity contribution >= 4 is 17.3 Å². The van der Waals surface area contributed by atoms with E-state index >= 15 is 0 Å². The third-order valence-electron chi connectivity index (χ3n) is 3.27. The smallest absolute Gasteiger partial charge is 0.310 e. The summed E-state index contributed by atoms with van der Waals surface area (Å²) >= 11 is 0. The lowest BCUT2D eigenvalue weighted by molar-refractivity contribution is -0.384. The van der Waals surface area contributed by atoms with Gasteiger partial charge in [0.05, 0.1) is 18.0 Å². The number of carbonyl (C=O) groups is 1. The second kappa shape index (κ2) is 5.64. The summed E-state index contributed by atoms with van der Waals surface area (Å²) in [5, 5.41) is 11.0. The molecule has 1 atom stereocenters. The number of anilines is 1. The van der Waals surface area contributed by atoms with Gasteiger partial charge in [-0.3, -0.25) is 19.9 Å². The number of ether oxygens (including phenoxy) is 1. The summed E-state index contributed by atoms with van der Waals surface area (Å²) in [5.41, 5.74) is 0.474. The van der Waals surface area contributed by atoms with E-state index in [-0.39, 0.29) is 17.6 Å². The molecule has 1 aromatic rings. The van der Waals surface area contributed by atoms with Crippen LogP contribution in [0.2, 0.25) is 0 Å². The van der Waals surface area contributed by atoms with Crippen molar-refractivity contribution in [2.75, 3.05) is 25.1 Å². The second-order valence-corrected chi connectivity index (χ2v) is 4.43. The molecule has 1 aromatic heterocycles. The number of carbonyl (C=O) groups excluding carboxylic acids is 1. The van der Waals surface area contributed by atoms with Gasteiger partial charge < -0.3 is 9.64 Å². The average molecular weight is 265 g/mol. The number of nitrogens with zero attached hydrogens (tertiary/aromatic N) is 3. The van der Waals surface area contributed by atoms with Crippen molar-refractivity contribution < 1.29 is 14.5 Å². The monoisotopic (exact) mass is 265 g/mol. The first-order chi connectivity index (χ1) is 9.13. The van der Waals surface area contributed by atoms with Crippen LogP contribution in [0.4, 0.5) is 11.4 Å². The minimum Gasteiger partial charge on any atom is -0.469 e. The van der Waals surface area contributed by atoms with Gasteiger partial charge in [-0.05, 0) is 18.9 Å². The molecule has 7 heteroatoms. The van der Waals surface area contributed by atoms with Crippen molar-refractivity contribution in [2.45, 2.75) is 12.8 Å². The molecule has 1 unspecified atom stereocenters. The predicted octanol–water partition coefficient (Wildman–Crippen LogP) is 1.38. The summed E-state index contributed by atoms with van der Waals surface area (Å²) in [5.74, 6) is -0.493. The molecule has 102 valence electrons. The molecular weight excluding hydrogens is 250 g/mol. The number of hydrogen-bond donors (Lipinski definition) is 0. The molecule has 1 fully saturated rings. The fraction of sp³-hybridized carbons (Fsp3) is 0.500. The van der Waals surface area contributed by atoms with Crippen molar-refractivity contribution in [3.63, 3.8) is 0 Å². The molecule has 2 heterocycles. The molecule has 1 aliphatic rings. The summed E-state index contributed by atoms with van der Waals surface area (Å²) in [7, 11) is 1.36. The number of esters is 1. The highest BCUT2D eigenvalue weighted by molar-refractivity contribution is 5.74. The fourth-order valence-electron chi connectivity index (χ4n) is 2.34. The molecule has 0 aliphatic carbocycles. The highest BCUT2D eigenvalue weighted by Gasteiger charge is 2.29. The van der Waals surface area contributed by atoms with Gasteiger partial charge in [0.2, 0.25) is 0 Å². The minimum atomic E-state index is -0.454. The molecule has 1 saturated heterocycles. The lowest BCUT2D eigenvalue weighted by atomic mass is 9.97. The maximum Gasteiger partial charge on any atom is 0.310 e. The van der Waals surface area contributed by atoms with Crippen LogP contribution in [0.1, 0.15) is 12.8 Å². The first-order valence-electron chi connectivity index (χ1n) is 6.04. The molecule has 0 amide bonds. The number of pyridine rings is 1. The molecule has 7 nitrogen and oxygen atoms in total. The molecule has 0 radical (unpaired) electrons. The Balaban J connectivity index is 2.22. The number of methoxy groups -OCH3 is 1. The second-order valence-electron chi connectivity index (χ2n) is 4.43. The zero-order valence-corrected chi connectivity index (χ0v) is 10.6. The molecular formula is C12H15N3O4. The molecule has 0 saturated carbocycles. The van der Waals surface area contributed by atoms with Crippen LogP contribution in [0.25, 0.3) is 0 Å². The Kier molecular flexibility index (Phi) is 3.94. The third-order valence-corrected chi connectivity index (χ3v) is 3.27. The van der Waals surface area contributed by atoms with Crippen LogP contribution in [-0.2, 0) is 9.53 Å². The number of hydrogen-bond acceptors (Lipinski definition) is 6. The zero-order valence-electron chi connectivity index (χ0n) is 10.6. The first kappa shape index (κ1) is 13.3. The average Bonchev–Trinajstić information content (AvgIpc) is 2.46. The quantitative estimate of drug-likeness (QED) is 0.466. The molecule has 1 aliphatic heterocycles. The summed E-state index contributed by atoms with van der Waals surface area (Å²) in [6.45, 7) is 1.13. The Morgan fingerprint density at radius 1 is 1.63 bits per heavy atom. The zero-order chi connectivity index (χ0) is 13.8. The van der Waals surface area contributed by atoms with Crippen LogP contribution < -0.4 is 4.90 Å². The van der Waals surface area contributed by atoms with E-state index in [0.29, 0.717) is 18.8 Å². The predicted molar refractivity (Wildman–Crippen MR) is 67.8 cm³/mol. The highest BCUT2D eigenvalue weighted by Crippen LogP contribution is 2.30. The van der Waals surface area contributed by atoms with E-state index in [0.717, 1.165) is 12.8 Å². The molecule has 0 spiro atoms. The van der Waals surface area contributed by atoms with Gasteiger partial charge in [-0.1, -0.05) is 0 Å². The van der Waals surface area contributed by atoms with Gasteiger partial charge in [0.15, 0.2) is 0 Å². The summed E-state index contributed by atoms with van der Waals surface area (Å²) in [6.07, 6.45) is 4.31. The van der Waals surface area contributed by atoms with Crippen LogP contribution in [0, 0.1) is 16.0 Å². The Labute approximate surface area is 110 Å². The van der Waals surface area contributed by atoms with Crippen molar-refractivity contribution in [2.24, 2.45) is 5.92 Å². The molecule has 19 heavy (non-hydrogen) atoms. The fourth-order valence-corrected chi connectivity index (χ4v) is 2.34. The van der Waals surface area contributed by atoms with Crippen LogP contribution in [0.3, 0.4) is 0 Å².